The molecule has 0 saturated carbocycles. The summed E-state index contributed by atoms with van der Waals surface area (Å²) in [5.74, 6) is -0.102. The molecule has 1 aliphatic rings. The van der Waals surface area contributed by atoms with Crippen LogP contribution in [0.1, 0.15) is 61.2 Å². The smallest absolute Gasteiger partial charge is 0.257 e. The van der Waals surface area contributed by atoms with E-state index in [1.54, 1.807) is 11.0 Å². The van der Waals surface area contributed by atoms with E-state index in [2.05, 4.69) is 20.8 Å². The number of aliphatic hydroxyl groups is 1. The number of hydrogen-bond acceptors (Lipinski definition) is 2. The van der Waals surface area contributed by atoms with E-state index in [1.165, 1.54) is 5.56 Å². The molecule has 126 valence electrons. The third kappa shape index (κ3) is 2.44. The van der Waals surface area contributed by atoms with Crippen LogP contribution in [0.15, 0.2) is 48.5 Å². The number of carbonyl (C=O) groups is 1. The number of benzene rings is 2. The molecule has 1 aliphatic heterocycles. The first-order valence-electron chi connectivity index (χ1n) is 8.55. The van der Waals surface area contributed by atoms with Crippen LogP contribution in [-0.4, -0.2) is 22.5 Å². The average Bonchev–Trinajstić information content (AvgIpc) is 2.78. The van der Waals surface area contributed by atoms with Gasteiger partial charge in [-0.3, -0.25) is 4.79 Å². The highest BCUT2D eigenvalue weighted by Gasteiger charge is 2.49. The van der Waals surface area contributed by atoms with Crippen LogP contribution >= 0.6 is 0 Å². The van der Waals surface area contributed by atoms with Gasteiger partial charge in [-0.1, -0.05) is 70.2 Å². The minimum atomic E-state index is -1.39. The standard InChI is InChI=1S/C21H25NO2/c1-5-14-22-19(23)17-8-6-7-9-18(17)21(22,24)16-12-10-15(11-13-16)20(2,3)4/h6-13,24H,5,14H2,1-4H3. The third-order valence-corrected chi connectivity index (χ3v) is 4.77. The maximum absolute atomic E-state index is 12.8. The Labute approximate surface area is 143 Å². The lowest BCUT2D eigenvalue weighted by Gasteiger charge is -2.35. The lowest BCUT2D eigenvalue weighted by Crippen LogP contribution is -2.45. The predicted octanol–water partition coefficient (Wildman–Crippen LogP) is 4.04. The van der Waals surface area contributed by atoms with Gasteiger partial charge in [-0.25, -0.2) is 0 Å². The second-order valence-corrected chi connectivity index (χ2v) is 7.50. The Bertz CT molecular complexity index is 758. The molecule has 0 fully saturated rings. The molecule has 0 bridgehead atoms. The molecule has 1 N–H and O–H groups in total. The molecule has 2 aromatic carbocycles. The minimum absolute atomic E-state index is 0.0493. The minimum Gasteiger partial charge on any atom is -0.363 e. The highest BCUT2D eigenvalue weighted by molar-refractivity contribution is 6.00. The Balaban J connectivity index is 2.14. The van der Waals surface area contributed by atoms with Gasteiger partial charge in [-0.2, -0.15) is 0 Å². The van der Waals surface area contributed by atoms with Crippen molar-refractivity contribution in [2.45, 2.75) is 45.3 Å². The largest absolute Gasteiger partial charge is 0.363 e. The number of fused-ring (bicyclic) bond motifs is 1. The molecule has 0 aliphatic carbocycles. The molecule has 2 aromatic rings. The van der Waals surface area contributed by atoms with E-state index in [0.29, 0.717) is 17.7 Å². The van der Waals surface area contributed by atoms with Crippen LogP contribution in [0.5, 0.6) is 0 Å². The van der Waals surface area contributed by atoms with E-state index in [-0.39, 0.29) is 11.3 Å². The first-order chi connectivity index (χ1) is 11.3. The van der Waals surface area contributed by atoms with Gasteiger partial charge >= 0.3 is 0 Å². The summed E-state index contributed by atoms with van der Waals surface area (Å²) in [7, 11) is 0. The van der Waals surface area contributed by atoms with Gasteiger partial charge in [0.2, 0.25) is 0 Å². The van der Waals surface area contributed by atoms with Crippen molar-refractivity contribution in [1.82, 2.24) is 4.90 Å². The monoisotopic (exact) mass is 323 g/mol. The van der Waals surface area contributed by atoms with Crippen molar-refractivity contribution in [3.05, 3.63) is 70.8 Å². The molecule has 0 spiro atoms. The van der Waals surface area contributed by atoms with Gasteiger partial charge in [0.25, 0.3) is 5.91 Å². The van der Waals surface area contributed by atoms with Crippen molar-refractivity contribution in [3.8, 4) is 0 Å². The summed E-state index contributed by atoms with van der Waals surface area (Å²) in [6, 6.07) is 15.3. The number of amides is 1. The van der Waals surface area contributed by atoms with Crippen molar-refractivity contribution >= 4 is 5.91 Å². The zero-order valence-electron chi connectivity index (χ0n) is 14.8. The Morgan fingerprint density at radius 2 is 1.67 bits per heavy atom. The molecule has 1 atom stereocenters. The highest BCUT2D eigenvalue weighted by atomic mass is 16.3. The van der Waals surface area contributed by atoms with E-state index in [9.17, 15) is 9.90 Å². The van der Waals surface area contributed by atoms with Crippen molar-refractivity contribution in [1.29, 1.82) is 0 Å². The van der Waals surface area contributed by atoms with Gasteiger partial charge in [0.05, 0.1) is 0 Å². The Kier molecular flexibility index (Phi) is 4.00. The maximum Gasteiger partial charge on any atom is 0.257 e. The highest BCUT2D eigenvalue weighted by Crippen LogP contribution is 2.42. The van der Waals surface area contributed by atoms with Crippen LogP contribution in [-0.2, 0) is 11.1 Å². The molecule has 1 amide bonds. The van der Waals surface area contributed by atoms with Crippen LogP contribution in [0, 0.1) is 0 Å². The second-order valence-electron chi connectivity index (χ2n) is 7.50. The van der Waals surface area contributed by atoms with Crippen molar-refractivity contribution in [2.75, 3.05) is 6.54 Å². The lowest BCUT2D eigenvalue weighted by atomic mass is 9.85. The second kappa shape index (κ2) is 5.75. The Morgan fingerprint density at radius 3 is 2.25 bits per heavy atom. The normalized spacial score (nSPS) is 20.4. The molecule has 0 saturated heterocycles. The van der Waals surface area contributed by atoms with Crippen LogP contribution in [0.2, 0.25) is 0 Å². The van der Waals surface area contributed by atoms with Gasteiger partial charge in [0.1, 0.15) is 0 Å². The maximum atomic E-state index is 12.8. The zero-order chi connectivity index (χ0) is 17.5. The number of nitrogens with zero attached hydrogens (tertiary/aromatic N) is 1. The third-order valence-electron chi connectivity index (χ3n) is 4.77. The molecule has 0 radical (unpaired) electrons. The summed E-state index contributed by atoms with van der Waals surface area (Å²) >= 11 is 0. The summed E-state index contributed by atoms with van der Waals surface area (Å²) in [6.45, 7) is 9.02. The summed E-state index contributed by atoms with van der Waals surface area (Å²) < 4.78 is 0. The summed E-state index contributed by atoms with van der Waals surface area (Å²) in [4.78, 5) is 14.4. The van der Waals surface area contributed by atoms with E-state index < -0.39 is 5.72 Å². The molecule has 24 heavy (non-hydrogen) atoms. The molecule has 3 heteroatoms. The van der Waals surface area contributed by atoms with Crippen molar-refractivity contribution in [2.24, 2.45) is 0 Å². The molecule has 1 heterocycles. The van der Waals surface area contributed by atoms with Gasteiger partial charge in [-0.05, 0) is 23.5 Å². The fourth-order valence-electron chi connectivity index (χ4n) is 3.41. The Morgan fingerprint density at radius 1 is 1.04 bits per heavy atom. The molecule has 3 nitrogen and oxygen atoms in total. The van der Waals surface area contributed by atoms with Crippen LogP contribution < -0.4 is 0 Å². The van der Waals surface area contributed by atoms with E-state index in [4.69, 9.17) is 0 Å². The molecule has 3 rings (SSSR count). The quantitative estimate of drug-likeness (QED) is 0.926. The summed E-state index contributed by atoms with van der Waals surface area (Å²) in [5, 5.41) is 11.6. The SMILES string of the molecule is CCCN1C(=O)c2ccccc2C1(O)c1ccc(C(C)(C)C)cc1. The average molecular weight is 323 g/mol. The van der Waals surface area contributed by atoms with Crippen LogP contribution in [0.4, 0.5) is 0 Å². The van der Waals surface area contributed by atoms with Gasteiger partial charge in [0, 0.05) is 23.2 Å². The fourth-order valence-corrected chi connectivity index (χ4v) is 3.41. The van der Waals surface area contributed by atoms with Crippen LogP contribution in [0.3, 0.4) is 0 Å². The molecular formula is C21H25NO2. The van der Waals surface area contributed by atoms with E-state index in [0.717, 1.165) is 12.0 Å². The van der Waals surface area contributed by atoms with E-state index in [1.807, 2.05) is 49.4 Å². The van der Waals surface area contributed by atoms with Gasteiger partial charge in [-0.15, -0.1) is 0 Å². The fraction of sp³-hybridized carbons (Fsp3) is 0.381. The molecule has 1 unspecified atom stereocenters. The van der Waals surface area contributed by atoms with Gasteiger partial charge in [0.15, 0.2) is 5.72 Å². The molecular weight excluding hydrogens is 298 g/mol. The lowest BCUT2D eigenvalue weighted by molar-refractivity contribution is -0.0498. The topological polar surface area (TPSA) is 40.5 Å². The first kappa shape index (κ1) is 16.7. The Hall–Kier alpha value is -2.13. The van der Waals surface area contributed by atoms with Crippen LogP contribution in [0.25, 0.3) is 0 Å². The predicted molar refractivity (Wildman–Crippen MR) is 95.9 cm³/mol. The zero-order valence-corrected chi connectivity index (χ0v) is 14.8. The van der Waals surface area contributed by atoms with Crippen molar-refractivity contribution < 1.29 is 9.90 Å². The van der Waals surface area contributed by atoms with E-state index >= 15 is 0 Å². The molecule has 0 aromatic heterocycles. The number of rotatable bonds is 3. The summed E-state index contributed by atoms with van der Waals surface area (Å²) in [6.07, 6.45) is 0.794. The number of carbonyl (C=O) groups excluding carboxylic acids is 1. The van der Waals surface area contributed by atoms with Crippen molar-refractivity contribution in [3.63, 3.8) is 0 Å². The number of hydrogen-bond donors (Lipinski definition) is 1. The first-order valence-corrected chi connectivity index (χ1v) is 8.55. The summed E-state index contributed by atoms with van der Waals surface area (Å²) in [5.41, 5.74) is 1.87. The van der Waals surface area contributed by atoms with Gasteiger partial charge < -0.3 is 10.0 Å².